The molecule has 0 aliphatic rings. The van der Waals surface area contributed by atoms with Crippen LogP contribution in [0.1, 0.15) is 32.3 Å². The molecule has 0 saturated heterocycles. The van der Waals surface area contributed by atoms with Gasteiger partial charge in [0.05, 0.1) is 6.61 Å². The van der Waals surface area contributed by atoms with Gasteiger partial charge in [-0.25, -0.2) is 0 Å². The summed E-state index contributed by atoms with van der Waals surface area (Å²) < 4.78 is 6.98. The molecule has 1 rings (SSSR count). The van der Waals surface area contributed by atoms with Gasteiger partial charge in [0, 0.05) is 31.4 Å². The highest BCUT2D eigenvalue weighted by molar-refractivity contribution is 5.69. The largest absolute Gasteiger partial charge is 0.466 e. The van der Waals surface area contributed by atoms with Crippen molar-refractivity contribution < 1.29 is 9.53 Å². The Hall–Kier alpha value is -1.29. The number of hydrogen-bond donors (Lipinski definition) is 1. The molecular weight excluding hydrogens is 216 g/mol. The van der Waals surface area contributed by atoms with E-state index in [0.29, 0.717) is 19.4 Å². The third-order valence-corrected chi connectivity index (χ3v) is 2.70. The van der Waals surface area contributed by atoms with Crippen molar-refractivity contribution in [3.63, 3.8) is 0 Å². The molecule has 4 heteroatoms. The Bertz CT molecular complexity index is 347. The van der Waals surface area contributed by atoms with Gasteiger partial charge in [-0.3, -0.25) is 4.79 Å². The van der Waals surface area contributed by atoms with Gasteiger partial charge in [0.2, 0.25) is 0 Å². The summed E-state index contributed by atoms with van der Waals surface area (Å²) in [6, 6.07) is 2.10. The fourth-order valence-electron chi connectivity index (χ4n) is 1.75. The molecule has 0 aromatic carbocycles. The molecular formula is C13H22N2O2. The maximum Gasteiger partial charge on any atom is 0.305 e. The first kappa shape index (κ1) is 13.8. The van der Waals surface area contributed by atoms with E-state index in [4.69, 9.17) is 10.5 Å². The Morgan fingerprint density at radius 2 is 2.29 bits per heavy atom. The van der Waals surface area contributed by atoms with Crippen LogP contribution in [0, 0.1) is 0 Å². The van der Waals surface area contributed by atoms with Gasteiger partial charge < -0.3 is 15.0 Å². The summed E-state index contributed by atoms with van der Waals surface area (Å²) in [5.74, 6) is -0.158. The zero-order chi connectivity index (χ0) is 12.7. The number of hydrogen-bond acceptors (Lipinski definition) is 3. The van der Waals surface area contributed by atoms with Crippen LogP contribution < -0.4 is 5.73 Å². The summed E-state index contributed by atoms with van der Waals surface area (Å²) in [6.45, 7) is 5.32. The Morgan fingerprint density at radius 3 is 2.88 bits per heavy atom. The van der Waals surface area contributed by atoms with Gasteiger partial charge >= 0.3 is 5.97 Å². The number of rotatable bonds is 7. The van der Waals surface area contributed by atoms with Crippen molar-refractivity contribution >= 4 is 5.97 Å². The maximum atomic E-state index is 11.2. The van der Waals surface area contributed by atoms with Crippen molar-refractivity contribution in [3.8, 4) is 0 Å². The molecule has 1 atom stereocenters. The molecule has 0 fully saturated rings. The topological polar surface area (TPSA) is 57.2 Å². The average molecular weight is 238 g/mol. The van der Waals surface area contributed by atoms with E-state index in [1.807, 2.05) is 13.1 Å². The van der Waals surface area contributed by atoms with E-state index in [-0.39, 0.29) is 12.0 Å². The highest BCUT2D eigenvalue weighted by Crippen LogP contribution is 2.07. The SMILES string of the molecule is CCOC(=O)CCC(N)Cc1ccn(CC)c1. The zero-order valence-corrected chi connectivity index (χ0v) is 10.7. The van der Waals surface area contributed by atoms with Gasteiger partial charge in [-0.2, -0.15) is 0 Å². The monoisotopic (exact) mass is 238 g/mol. The van der Waals surface area contributed by atoms with E-state index in [0.717, 1.165) is 13.0 Å². The molecule has 1 heterocycles. The molecule has 1 aromatic heterocycles. The minimum Gasteiger partial charge on any atom is -0.466 e. The number of carbonyl (C=O) groups is 1. The number of carbonyl (C=O) groups excluding carboxylic acids is 1. The van der Waals surface area contributed by atoms with E-state index in [2.05, 4.69) is 23.8 Å². The Balaban J connectivity index is 2.29. The van der Waals surface area contributed by atoms with Crippen molar-refractivity contribution in [1.29, 1.82) is 0 Å². The van der Waals surface area contributed by atoms with Crippen LogP contribution in [0.25, 0.3) is 0 Å². The summed E-state index contributed by atoms with van der Waals surface area (Å²) >= 11 is 0. The molecule has 0 aliphatic heterocycles. The maximum absolute atomic E-state index is 11.2. The molecule has 2 N–H and O–H groups in total. The lowest BCUT2D eigenvalue weighted by Gasteiger charge is -2.09. The van der Waals surface area contributed by atoms with Crippen LogP contribution in [0.5, 0.6) is 0 Å². The molecule has 0 spiro atoms. The molecule has 0 aliphatic carbocycles. The first-order valence-electron chi connectivity index (χ1n) is 6.21. The van der Waals surface area contributed by atoms with E-state index in [1.165, 1.54) is 5.56 Å². The normalized spacial score (nSPS) is 12.4. The molecule has 1 unspecified atom stereocenters. The lowest BCUT2D eigenvalue weighted by molar-refractivity contribution is -0.143. The fourth-order valence-corrected chi connectivity index (χ4v) is 1.75. The summed E-state index contributed by atoms with van der Waals surface area (Å²) in [5.41, 5.74) is 7.21. The number of nitrogens with zero attached hydrogens (tertiary/aromatic N) is 1. The molecule has 17 heavy (non-hydrogen) atoms. The van der Waals surface area contributed by atoms with E-state index >= 15 is 0 Å². The number of ether oxygens (including phenoxy) is 1. The van der Waals surface area contributed by atoms with Crippen LogP contribution in [0.4, 0.5) is 0 Å². The summed E-state index contributed by atoms with van der Waals surface area (Å²) in [7, 11) is 0. The lowest BCUT2D eigenvalue weighted by atomic mass is 10.1. The molecule has 0 bridgehead atoms. The quantitative estimate of drug-likeness (QED) is 0.736. The van der Waals surface area contributed by atoms with Crippen LogP contribution in [0.15, 0.2) is 18.5 Å². The second kappa shape index (κ2) is 7.12. The Labute approximate surface area is 103 Å². The highest BCUT2D eigenvalue weighted by atomic mass is 16.5. The number of aromatic nitrogens is 1. The molecule has 0 saturated carbocycles. The molecule has 96 valence electrons. The fraction of sp³-hybridized carbons (Fsp3) is 0.615. The van der Waals surface area contributed by atoms with Crippen molar-refractivity contribution in [2.24, 2.45) is 5.73 Å². The predicted octanol–water partition coefficient (Wildman–Crippen LogP) is 1.72. The van der Waals surface area contributed by atoms with Crippen molar-refractivity contribution in [1.82, 2.24) is 4.57 Å². The number of nitrogens with two attached hydrogens (primary N) is 1. The van der Waals surface area contributed by atoms with E-state index < -0.39 is 0 Å². The first-order valence-corrected chi connectivity index (χ1v) is 6.21. The molecule has 0 amide bonds. The van der Waals surface area contributed by atoms with Crippen molar-refractivity contribution in [2.75, 3.05) is 6.61 Å². The Morgan fingerprint density at radius 1 is 1.53 bits per heavy atom. The van der Waals surface area contributed by atoms with Crippen LogP contribution in [-0.2, 0) is 22.5 Å². The van der Waals surface area contributed by atoms with Gasteiger partial charge in [-0.1, -0.05) is 0 Å². The Kier molecular flexibility index (Phi) is 5.77. The third kappa shape index (κ3) is 5.04. The van der Waals surface area contributed by atoms with Crippen LogP contribution in [0.3, 0.4) is 0 Å². The highest BCUT2D eigenvalue weighted by Gasteiger charge is 2.09. The van der Waals surface area contributed by atoms with Crippen LogP contribution in [-0.4, -0.2) is 23.2 Å². The second-order valence-corrected chi connectivity index (χ2v) is 4.16. The number of aryl methyl sites for hydroxylation is 1. The standard InChI is InChI=1S/C13H22N2O2/c1-3-15-8-7-11(10-15)9-12(14)5-6-13(16)17-4-2/h7-8,10,12H,3-6,9,14H2,1-2H3. The lowest BCUT2D eigenvalue weighted by Crippen LogP contribution is -2.24. The summed E-state index contributed by atoms with van der Waals surface area (Å²) in [5, 5.41) is 0. The summed E-state index contributed by atoms with van der Waals surface area (Å²) in [6.07, 6.45) is 6.05. The summed E-state index contributed by atoms with van der Waals surface area (Å²) in [4.78, 5) is 11.2. The van der Waals surface area contributed by atoms with Gasteiger partial charge in [0.25, 0.3) is 0 Å². The third-order valence-electron chi connectivity index (χ3n) is 2.70. The molecule has 4 nitrogen and oxygen atoms in total. The smallest absolute Gasteiger partial charge is 0.305 e. The van der Waals surface area contributed by atoms with Gasteiger partial charge in [0.15, 0.2) is 0 Å². The van der Waals surface area contributed by atoms with E-state index in [1.54, 1.807) is 0 Å². The van der Waals surface area contributed by atoms with Gasteiger partial charge in [-0.15, -0.1) is 0 Å². The minimum absolute atomic E-state index is 0.0205. The van der Waals surface area contributed by atoms with E-state index in [9.17, 15) is 4.79 Å². The van der Waals surface area contributed by atoms with Crippen molar-refractivity contribution in [2.45, 2.75) is 45.7 Å². The average Bonchev–Trinajstić information content (AvgIpc) is 2.74. The van der Waals surface area contributed by atoms with Gasteiger partial charge in [0.1, 0.15) is 0 Å². The predicted molar refractivity (Wildman–Crippen MR) is 67.7 cm³/mol. The number of esters is 1. The second-order valence-electron chi connectivity index (χ2n) is 4.16. The molecule has 0 radical (unpaired) electrons. The van der Waals surface area contributed by atoms with Crippen molar-refractivity contribution in [3.05, 3.63) is 24.0 Å². The van der Waals surface area contributed by atoms with Crippen LogP contribution >= 0.6 is 0 Å². The first-order chi connectivity index (χ1) is 8.15. The molecule has 1 aromatic rings. The van der Waals surface area contributed by atoms with Crippen LogP contribution in [0.2, 0.25) is 0 Å². The minimum atomic E-state index is -0.158. The zero-order valence-electron chi connectivity index (χ0n) is 10.7. The van der Waals surface area contributed by atoms with Gasteiger partial charge in [-0.05, 0) is 38.3 Å².